The summed E-state index contributed by atoms with van der Waals surface area (Å²) in [4.78, 5) is 22.9. The van der Waals surface area contributed by atoms with Gasteiger partial charge in [0, 0.05) is 13.1 Å². The number of piperazine rings is 1. The number of rotatable bonds is 4. The van der Waals surface area contributed by atoms with Gasteiger partial charge in [-0.05, 0) is 12.1 Å². The molecule has 1 fully saturated rings. The van der Waals surface area contributed by atoms with Crippen LogP contribution in [0.3, 0.4) is 0 Å². The van der Waals surface area contributed by atoms with Gasteiger partial charge in [0.2, 0.25) is 11.8 Å². The van der Waals surface area contributed by atoms with Crippen LogP contribution in [0, 0.1) is 0 Å². The molecule has 0 bridgehead atoms. The minimum Gasteiger partial charge on any atom is -0.463 e. The average Bonchev–Trinajstić information content (AvgIpc) is 2.85. The third-order valence-electron chi connectivity index (χ3n) is 2.45. The number of nitrogens with one attached hydrogen (secondary N) is 3. The normalized spacial score (nSPS) is 19.8. The van der Waals surface area contributed by atoms with E-state index < -0.39 is 6.04 Å². The second-order valence-electron chi connectivity index (χ2n) is 3.81. The molecule has 7 heteroatoms. The van der Waals surface area contributed by atoms with Crippen molar-refractivity contribution in [1.82, 2.24) is 16.1 Å². The number of hydrazone groups is 1. The van der Waals surface area contributed by atoms with Crippen LogP contribution in [0.4, 0.5) is 0 Å². The molecule has 1 atom stereocenters. The van der Waals surface area contributed by atoms with E-state index in [0.29, 0.717) is 18.8 Å². The average molecular weight is 250 g/mol. The monoisotopic (exact) mass is 250 g/mol. The van der Waals surface area contributed by atoms with Crippen molar-refractivity contribution in [2.75, 3.05) is 13.1 Å². The van der Waals surface area contributed by atoms with Gasteiger partial charge in [-0.15, -0.1) is 0 Å². The SMILES string of the molecule is O=C(C[C@@H]1NCCNC1=O)N/N=C\c1ccco1. The maximum Gasteiger partial charge on any atom is 0.242 e. The molecule has 0 aliphatic carbocycles. The van der Waals surface area contributed by atoms with Crippen LogP contribution in [0.1, 0.15) is 12.2 Å². The number of carbonyl (C=O) groups is 2. The summed E-state index contributed by atoms with van der Waals surface area (Å²) >= 11 is 0. The molecule has 0 unspecified atom stereocenters. The zero-order valence-corrected chi connectivity index (χ0v) is 9.68. The lowest BCUT2D eigenvalue weighted by atomic mass is 10.1. The Morgan fingerprint density at radius 1 is 1.61 bits per heavy atom. The first-order valence-corrected chi connectivity index (χ1v) is 5.62. The fourth-order valence-corrected chi connectivity index (χ4v) is 1.58. The number of furan rings is 1. The minimum absolute atomic E-state index is 0.0569. The third-order valence-corrected chi connectivity index (χ3v) is 2.45. The Bertz CT molecular complexity index is 441. The molecule has 1 aliphatic heterocycles. The van der Waals surface area contributed by atoms with E-state index in [0.717, 1.165) is 0 Å². The van der Waals surface area contributed by atoms with Gasteiger partial charge in [-0.1, -0.05) is 0 Å². The first kappa shape index (κ1) is 12.3. The van der Waals surface area contributed by atoms with Crippen LogP contribution >= 0.6 is 0 Å². The van der Waals surface area contributed by atoms with E-state index in [2.05, 4.69) is 21.2 Å². The van der Waals surface area contributed by atoms with Crippen LogP contribution in [0.15, 0.2) is 27.9 Å². The standard InChI is InChI=1S/C11H14N4O3/c16-10(6-9-11(17)13-4-3-12-9)15-14-7-8-2-1-5-18-8/h1-2,5,7,9,12H,3-4,6H2,(H,13,17)(H,15,16)/b14-7-/t9-/m0/s1. The van der Waals surface area contributed by atoms with Gasteiger partial charge in [-0.2, -0.15) is 5.10 Å². The molecule has 96 valence electrons. The van der Waals surface area contributed by atoms with Gasteiger partial charge in [0.05, 0.1) is 24.9 Å². The zero-order chi connectivity index (χ0) is 12.8. The molecule has 7 nitrogen and oxygen atoms in total. The van der Waals surface area contributed by atoms with E-state index in [1.165, 1.54) is 12.5 Å². The van der Waals surface area contributed by atoms with E-state index in [1.807, 2.05) is 0 Å². The Labute approximate surface area is 104 Å². The smallest absolute Gasteiger partial charge is 0.242 e. The largest absolute Gasteiger partial charge is 0.463 e. The van der Waals surface area contributed by atoms with Crippen molar-refractivity contribution in [2.45, 2.75) is 12.5 Å². The summed E-state index contributed by atoms with van der Waals surface area (Å²) in [5.74, 6) is 0.0580. The van der Waals surface area contributed by atoms with Gasteiger partial charge in [-0.3, -0.25) is 9.59 Å². The second-order valence-corrected chi connectivity index (χ2v) is 3.81. The lowest BCUT2D eigenvalue weighted by molar-refractivity contribution is -0.129. The van der Waals surface area contributed by atoms with Crippen molar-refractivity contribution >= 4 is 18.0 Å². The van der Waals surface area contributed by atoms with Crippen LogP contribution in [-0.4, -0.2) is 37.2 Å². The highest BCUT2D eigenvalue weighted by Crippen LogP contribution is 1.97. The highest BCUT2D eigenvalue weighted by Gasteiger charge is 2.23. The topological polar surface area (TPSA) is 95.7 Å². The Morgan fingerprint density at radius 2 is 2.50 bits per heavy atom. The molecule has 1 saturated heterocycles. The molecule has 0 aromatic carbocycles. The maximum atomic E-state index is 11.5. The number of carbonyl (C=O) groups excluding carboxylic acids is 2. The van der Waals surface area contributed by atoms with Crippen molar-refractivity contribution in [1.29, 1.82) is 0 Å². The Kier molecular flexibility index (Phi) is 4.08. The highest BCUT2D eigenvalue weighted by atomic mass is 16.3. The summed E-state index contributed by atoms with van der Waals surface area (Å²) in [6, 6.07) is 2.95. The van der Waals surface area contributed by atoms with Gasteiger partial charge >= 0.3 is 0 Å². The Hall–Kier alpha value is -2.15. The van der Waals surface area contributed by atoms with E-state index in [9.17, 15) is 9.59 Å². The van der Waals surface area contributed by atoms with Crippen LogP contribution in [0.25, 0.3) is 0 Å². The number of nitrogens with zero attached hydrogens (tertiary/aromatic N) is 1. The predicted molar refractivity (Wildman–Crippen MR) is 63.9 cm³/mol. The fourth-order valence-electron chi connectivity index (χ4n) is 1.58. The Balaban J connectivity index is 1.76. The zero-order valence-electron chi connectivity index (χ0n) is 9.68. The quantitative estimate of drug-likeness (QED) is 0.482. The molecule has 0 radical (unpaired) electrons. The number of hydrogen-bond acceptors (Lipinski definition) is 5. The van der Waals surface area contributed by atoms with E-state index in [4.69, 9.17) is 4.42 Å². The van der Waals surface area contributed by atoms with E-state index in [1.54, 1.807) is 12.1 Å². The summed E-state index contributed by atoms with van der Waals surface area (Å²) in [7, 11) is 0. The minimum atomic E-state index is -0.488. The first-order valence-electron chi connectivity index (χ1n) is 5.62. The second kappa shape index (κ2) is 5.97. The van der Waals surface area contributed by atoms with Crippen LogP contribution in [-0.2, 0) is 9.59 Å². The van der Waals surface area contributed by atoms with Crippen LogP contribution in [0.2, 0.25) is 0 Å². The maximum absolute atomic E-state index is 11.5. The van der Waals surface area contributed by atoms with Gasteiger partial charge in [0.15, 0.2) is 0 Å². The molecule has 2 amide bonds. The summed E-state index contributed by atoms with van der Waals surface area (Å²) in [6.07, 6.45) is 2.97. The summed E-state index contributed by atoms with van der Waals surface area (Å²) < 4.78 is 5.01. The molecule has 3 N–H and O–H groups in total. The third kappa shape index (κ3) is 3.42. The predicted octanol–water partition coefficient (Wildman–Crippen LogP) is -0.792. The van der Waals surface area contributed by atoms with Crippen molar-refractivity contribution < 1.29 is 14.0 Å². The molecular formula is C11H14N4O3. The lowest BCUT2D eigenvalue weighted by Crippen LogP contribution is -2.54. The molecule has 1 aromatic heterocycles. The molecule has 0 saturated carbocycles. The Morgan fingerprint density at radius 3 is 3.22 bits per heavy atom. The molecule has 1 aliphatic rings. The number of hydrogen-bond donors (Lipinski definition) is 3. The first-order chi connectivity index (χ1) is 8.75. The summed E-state index contributed by atoms with van der Waals surface area (Å²) in [5, 5.41) is 9.37. The fraction of sp³-hybridized carbons (Fsp3) is 0.364. The molecule has 1 aromatic rings. The molecule has 2 heterocycles. The van der Waals surface area contributed by atoms with E-state index >= 15 is 0 Å². The van der Waals surface area contributed by atoms with Gasteiger partial charge in [0.1, 0.15) is 5.76 Å². The van der Waals surface area contributed by atoms with Gasteiger partial charge < -0.3 is 15.1 Å². The molecule has 2 rings (SSSR count). The van der Waals surface area contributed by atoms with Crippen molar-refractivity contribution in [2.24, 2.45) is 5.10 Å². The highest BCUT2D eigenvalue weighted by molar-refractivity contribution is 5.89. The van der Waals surface area contributed by atoms with Crippen molar-refractivity contribution in [3.8, 4) is 0 Å². The molecule has 18 heavy (non-hydrogen) atoms. The number of amides is 2. The summed E-state index contributed by atoms with van der Waals surface area (Å²) in [6.45, 7) is 1.26. The molecule has 0 spiro atoms. The van der Waals surface area contributed by atoms with Gasteiger partial charge in [0.25, 0.3) is 0 Å². The lowest BCUT2D eigenvalue weighted by Gasteiger charge is -2.22. The van der Waals surface area contributed by atoms with Crippen LogP contribution < -0.4 is 16.1 Å². The summed E-state index contributed by atoms with van der Waals surface area (Å²) in [5.41, 5.74) is 2.34. The van der Waals surface area contributed by atoms with E-state index in [-0.39, 0.29) is 18.2 Å². The van der Waals surface area contributed by atoms with Crippen molar-refractivity contribution in [3.63, 3.8) is 0 Å². The molecular weight excluding hydrogens is 236 g/mol. The van der Waals surface area contributed by atoms with Gasteiger partial charge in [-0.25, -0.2) is 5.43 Å². The van der Waals surface area contributed by atoms with Crippen molar-refractivity contribution in [3.05, 3.63) is 24.2 Å². The van der Waals surface area contributed by atoms with Crippen LogP contribution in [0.5, 0.6) is 0 Å².